The molecular weight excluding hydrogens is 216 g/mol. The van der Waals surface area contributed by atoms with E-state index >= 15 is 0 Å². The van der Waals surface area contributed by atoms with Crippen LogP contribution < -0.4 is 5.73 Å². The monoisotopic (exact) mass is 234 g/mol. The minimum absolute atomic E-state index is 0.0117. The van der Waals surface area contributed by atoms with Crippen LogP contribution in [0.25, 0.3) is 0 Å². The molecule has 0 bridgehead atoms. The lowest BCUT2D eigenvalue weighted by Crippen LogP contribution is -2.39. The number of benzene rings is 1. The summed E-state index contributed by atoms with van der Waals surface area (Å²) in [5.74, 6) is 0.0117. The van der Waals surface area contributed by atoms with Gasteiger partial charge in [0.05, 0.1) is 13.2 Å². The van der Waals surface area contributed by atoms with Gasteiger partial charge in [0.25, 0.3) is 5.91 Å². The standard InChI is InChI=1S/C13H18N2O2/c1-9(6-14)15(2)13(16)10-3-4-11-7-17-8-12(11)5-10/h3-5,9H,6-8,14H2,1-2H3. The Morgan fingerprint density at radius 3 is 2.88 bits per heavy atom. The van der Waals surface area contributed by atoms with Gasteiger partial charge in [-0.05, 0) is 30.2 Å². The van der Waals surface area contributed by atoms with Gasteiger partial charge in [0.1, 0.15) is 0 Å². The fraction of sp³-hybridized carbons (Fsp3) is 0.462. The van der Waals surface area contributed by atoms with Crippen LogP contribution in [0.4, 0.5) is 0 Å². The maximum atomic E-state index is 12.2. The van der Waals surface area contributed by atoms with E-state index in [-0.39, 0.29) is 11.9 Å². The molecule has 1 unspecified atom stereocenters. The Hall–Kier alpha value is -1.39. The Kier molecular flexibility index (Phi) is 3.45. The third-order valence-corrected chi connectivity index (χ3v) is 3.29. The molecule has 4 nitrogen and oxygen atoms in total. The Morgan fingerprint density at radius 1 is 1.47 bits per heavy atom. The number of amides is 1. The predicted molar refractivity (Wildman–Crippen MR) is 65.5 cm³/mol. The molecule has 0 fully saturated rings. The van der Waals surface area contributed by atoms with Gasteiger partial charge in [-0.2, -0.15) is 0 Å². The highest BCUT2D eigenvalue weighted by Crippen LogP contribution is 2.21. The number of rotatable bonds is 3. The Labute approximate surface area is 101 Å². The second-order valence-corrected chi connectivity index (χ2v) is 4.48. The minimum Gasteiger partial charge on any atom is -0.372 e. The van der Waals surface area contributed by atoms with Crippen molar-refractivity contribution in [3.8, 4) is 0 Å². The van der Waals surface area contributed by atoms with E-state index in [0.29, 0.717) is 25.3 Å². The van der Waals surface area contributed by atoms with Crippen LogP contribution in [0.3, 0.4) is 0 Å². The molecule has 2 N–H and O–H groups in total. The van der Waals surface area contributed by atoms with E-state index < -0.39 is 0 Å². The van der Waals surface area contributed by atoms with Gasteiger partial charge in [-0.3, -0.25) is 4.79 Å². The van der Waals surface area contributed by atoms with Crippen molar-refractivity contribution in [3.05, 3.63) is 34.9 Å². The molecule has 92 valence electrons. The van der Waals surface area contributed by atoms with E-state index in [0.717, 1.165) is 5.56 Å². The first-order valence-corrected chi connectivity index (χ1v) is 5.80. The van der Waals surface area contributed by atoms with Crippen molar-refractivity contribution in [3.63, 3.8) is 0 Å². The summed E-state index contributed by atoms with van der Waals surface area (Å²) in [5, 5.41) is 0. The van der Waals surface area contributed by atoms with E-state index in [1.165, 1.54) is 5.56 Å². The molecular formula is C13H18N2O2. The summed E-state index contributed by atoms with van der Waals surface area (Å²) in [5.41, 5.74) is 8.56. The highest BCUT2D eigenvalue weighted by atomic mass is 16.5. The van der Waals surface area contributed by atoms with Crippen molar-refractivity contribution in [2.75, 3.05) is 13.6 Å². The quantitative estimate of drug-likeness (QED) is 0.853. The Morgan fingerprint density at radius 2 is 2.18 bits per heavy atom. The van der Waals surface area contributed by atoms with Gasteiger partial charge in [0.15, 0.2) is 0 Å². The molecule has 17 heavy (non-hydrogen) atoms. The number of ether oxygens (including phenoxy) is 1. The van der Waals surface area contributed by atoms with Gasteiger partial charge in [-0.25, -0.2) is 0 Å². The zero-order chi connectivity index (χ0) is 12.4. The number of nitrogens with two attached hydrogens (primary N) is 1. The SMILES string of the molecule is CC(CN)N(C)C(=O)c1ccc2c(c1)COC2. The second-order valence-electron chi connectivity index (χ2n) is 4.48. The number of fused-ring (bicyclic) bond motifs is 1. The molecule has 0 aromatic heterocycles. The van der Waals surface area contributed by atoms with Crippen molar-refractivity contribution in [2.45, 2.75) is 26.2 Å². The molecule has 1 heterocycles. The number of carbonyl (C=O) groups excluding carboxylic acids is 1. The van der Waals surface area contributed by atoms with E-state index in [2.05, 4.69) is 0 Å². The first-order chi connectivity index (χ1) is 8.13. The summed E-state index contributed by atoms with van der Waals surface area (Å²) in [6, 6.07) is 5.79. The molecule has 0 spiro atoms. The number of nitrogens with zero attached hydrogens (tertiary/aromatic N) is 1. The molecule has 0 saturated heterocycles. The molecule has 2 rings (SSSR count). The van der Waals surface area contributed by atoms with E-state index in [1.807, 2.05) is 25.1 Å². The van der Waals surface area contributed by atoms with E-state index in [1.54, 1.807) is 11.9 Å². The molecule has 0 saturated carbocycles. The van der Waals surface area contributed by atoms with Gasteiger partial charge in [0, 0.05) is 25.2 Å². The molecule has 4 heteroatoms. The number of likely N-dealkylation sites (N-methyl/N-ethyl adjacent to an activating group) is 1. The van der Waals surface area contributed by atoms with Crippen LogP contribution >= 0.6 is 0 Å². The Balaban J connectivity index is 2.20. The lowest BCUT2D eigenvalue weighted by atomic mass is 10.1. The molecule has 1 aliphatic rings. The van der Waals surface area contributed by atoms with Crippen LogP contribution in [0.2, 0.25) is 0 Å². The summed E-state index contributed by atoms with van der Waals surface area (Å²) in [7, 11) is 1.78. The third kappa shape index (κ3) is 2.33. The first-order valence-electron chi connectivity index (χ1n) is 5.80. The number of hydrogen-bond donors (Lipinski definition) is 1. The lowest BCUT2D eigenvalue weighted by Gasteiger charge is -2.23. The van der Waals surface area contributed by atoms with Crippen LogP contribution in [0.5, 0.6) is 0 Å². The lowest BCUT2D eigenvalue weighted by molar-refractivity contribution is 0.0748. The molecule has 1 aromatic rings. The highest BCUT2D eigenvalue weighted by Gasteiger charge is 2.19. The fourth-order valence-electron chi connectivity index (χ4n) is 1.87. The van der Waals surface area contributed by atoms with Crippen LogP contribution in [0, 0.1) is 0 Å². The summed E-state index contributed by atoms with van der Waals surface area (Å²) >= 11 is 0. The molecule has 0 aliphatic carbocycles. The normalized spacial score (nSPS) is 15.5. The van der Waals surface area contributed by atoms with Crippen molar-refractivity contribution in [2.24, 2.45) is 5.73 Å². The summed E-state index contributed by atoms with van der Waals surface area (Å²) in [6.45, 7) is 3.66. The van der Waals surface area contributed by atoms with Gasteiger partial charge in [-0.1, -0.05) is 6.07 Å². The average molecular weight is 234 g/mol. The predicted octanol–water partition coefficient (Wildman–Crippen LogP) is 1.14. The Bertz CT molecular complexity index is 431. The molecule has 1 amide bonds. The van der Waals surface area contributed by atoms with Crippen LogP contribution in [-0.4, -0.2) is 30.4 Å². The van der Waals surface area contributed by atoms with Crippen LogP contribution in [-0.2, 0) is 18.0 Å². The molecule has 1 aromatic carbocycles. The first kappa shape index (κ1) is 12.1. The van der Waals surface area contributed by atoms with Gasteiger partial charge in [0.2, 0.25) is 0 Å². The second kappa shape index (κ2) is 4.85. The molecule has 1 atom stereocenters. The number of carbonyl (C=O) groups is 1. The smallest absolute Gasteiger partial charge is 0.253 e. The van der Waals surface area contributed by atoms with Crippen LogP contribution in [0.1, 0.15) is 28.4 Å². The van der Waals surface area contributed by atoms with Gasteiger partial charge in [-0.15, -0.1) is 0 Å². The molecule has 1 aliphatic heterocycles. The molecule has 0 radical (unpaired) electrons. The van der Waals surface area contributed by atoms with E-state index in [4.69, 9.17) is 10.5 Å². The summed E-state index contributed by atoms with van der Waals surface area (Å²) in [6.07, 6.45) is 0. The van der Waals surface area contributed by atoms with Gasteiger partial charge >= 0.3 is 0 Å². The van der Waals surface area contributed by atoms with Crippen molar-refractivity contribution >= 4 is 5.91 Å². The summed E-state index contributed by atoms with van der Waals surface area (Å²) in [4.78, 5) is 13.9. The third-order valence-electron chi connectivity index (χ3n) is 3.29. The minimum atomic E-state index is 0.0117. The zero-order valence-electron chi connectivity index (χ0n) is 10.3. The number of hydrogen-bond acceptors (Lipinski definition) is 3. The van der Waals surface area contributed by atoms with Crippen molar-refractivity contribution in [1.29, 1.82) is 0 Å². The topological polar surface area (TPSA) is 55.6 Å². The maximum Gasteiger partial charge on any atom is 0.253 e. The van der Waals surface area contributed by atoms with Crippen LogP contribution in [0.15, 0.2) is 18.2 Å². The maximum absolute atomic E-state index is 12.2. The van der Waals surface area contributed by atoms with Crippen molar-refractivity contribution < 1.29 is 9.53 Å². The largest absolute Gasteiger partial charge is 0.372 e. The average Bonchev–Trinajstić information content (AvgIpc) is 2.83. The highest BCUT2D eigenvalue weighted by molar-refractivity contribution is 5.94. The van der Waals surface area contributed by atoms with Crippen molar-refractivity contribution in [1.82, 2.24) is 4.90 Å². The fourth-order valence-corrected chi connectivity index (χ4v) is 1.87. The van der Waals surface area contributed by atoms with Gasteiger partial charge < -0.3 is 15.4 Å². The van der Waals surface area contributed by atoms with E-state index in [9.17, 15) is 4.79 Å². The summed E-state index contributed by atoms with van der Waals surface area (Å²) < 4.78 is 5.33. The zero-order valence-corrected chi connectivity index (χ0v) is 10.3.